The van der Waals surface area contributed by atoms with E-state index in [1.807, 2.05) is 19.1 Å². The van der Waals surface area contributed by atoms with E-state index in [1.165, 1.54) is 4.68 Å². The standard InChI is InChI=1S/C14H17N3O3/c1-10-11-5-2-3-6-12(11)14(20)17(16-10)9-13(19)15-7-4-8-18/h2-3,5-6,18H,4,7-9H2,1H3,(H,15,19). The average Bonchev–Trinajstić information content (AvgIpc) is 2.45. The van der Waals surface area contributed by atoms with E-state index < -0.39 is 0 Å². The highest BCUT2D eigenvalue weighted by molar-refractivity contribution is 5.83. The lowest BCUT2D eigenvalue weighted by atomic mass is 10.1. The Kier molecular flexibility index (Phi) is 4.47. The first kappa shape index (κ1) is 14.2. The van der Waals surface area contributed by atoms with Crippen molar-refractivity contribution in [1.82, 2.24) is 15.1 Å². The molecular formula is C14H17N3O3. The Morgan fingerprint density at radius 2 is 2.05 bits per heavy atom. The number of aryl methyl sites for hydroxylation is 1. The Labute approximate surface area is 116 Å². The molecule has 0 fully saturated rings. The number of carbonyl (C=O) groups excluding carboxylic acids is 1. The van der Waals surface area contributed by atoms with E-state index >= 15 is 0 Å². The van der Waals surface area contributed by atoms with Crippen LogP contribution in [0, 0.1) is 6.92 Å². The van der Waals surface area contributed by atoms with Gasteiger partial charge in [-0.1, -0.05) is 18.2 Å². The van der Waals surface area contributed by atoms with Crippen LogP contribution in [0.15, 0.2) is 29.1 Å². The van der Waals surface area contributed by atoms with Gasteiger partial charge in [-0.25, -0.2) is 4.68 Å². The topological polar surface area (TPSA) is 84.2 Å². The molecule has 0 bridgehead atoms. The van der Waals surface area contributed by atoms with Gasteiger partial charge in [0.1, 0.15) is 6.54 Å². The second-order valence-electron chi connectivity index (χ2n) is 4.52. The molecule has 1 amide bonds. The maximum Gasteiger partial charge on any atom is 0.275 e. The van der Waals surface area contributed by atoms with E-state index in [-0.39, 0.29) is 24.6 Å². The summed E-state index contributed by atoms with van der Waals surface area (Å²) in [5.74, 6) is -0.289. The summed E-state index contributed by atoms with van der Waals surface area (Å²) in [4.78, 5) is 23.9. The summed E-state index contributed by atoms with van der Waals surface area (Å²) in [5.41, 5.74) is 0.437. The second kappa shape index (κ2) is 6.29. The summed E-state index contributed by atoms with van der Waals surface area (Å²) in [6.45, 7) is 2.10. The number of nitrogens with zero attached hydrogens (tertiary/aromatic N) is 2. The number of aliphatic hydroxyl groups is 1. The summed E-state index contributed by atoms with van der Waals surface area (Å²) in [6, 6.07) is 7.20. The number of amides is 1. The molecule has 6 heteroatoms. The lowest BCUT2D eigenvalue weighted by Gasteiger charge is -2.09. The number of nitrogens with one attached hydrogen (secondary N) is 1. The molecule has 0 aliphatic heterocycles. The zero-order chi connectivity index (χ0) is 14.5. The third-order valence-corrected chi connectivity index (χ3v) is 3.00. The molecular weight excluding hydrogens is 258 g/mol. The van der Waals surface area contributed by atoms with E-state index in [2.05, 4.69) is 10.4 Å². The number of benzene rings is 1. The maximum absolute atomic E-state index is 12.2. The Balaban J connectivity index is 2.25. The molecule has 6 nitrogen and oxygen atoms in total. The first-order chi connectivity index (χ1) is 9.63. The van der Waals surface area contributed by atoms with Crippen molar-refractivity contribution >= 4 is 16.7 Å². The highest BCUT2D eigenvalue weighted by Crippen LogP contribution is 2.11. The van der Waals surface area contributed by atoms with Gasteiger partial charge in [0.05, 0.1) is 11.1 Å². The van der Waals surface area contributed by atoms with Crippen LogP contribution in [-0.2, 0) is 11.3 Å². The van der Waals surface area contributed by atoms with Gasteiger partial charge >= 0.3 is 0 Å². The third-order valence-electron chi connectivity index (χ3n) is 3.00. The minimum absolute atomic E-state index is 0.0214. The van der Waals surface area contributed by atoms with Crippen molar-refractivity contribution in [2.24, 2.45) is 0 Å². The number of rotatable bonds is 5. The molecule has 2 rings (SSSR count). The van der Waals surface area contributed by atoms with Crippen LogP contribution in [0.2, 0.25) is 0 Å². The molecule has 1 aromatic carbocycles. The molecule has 0 aliphatic rings. The Morgan fingerprint density at radius 1 is 1.35 bits per heavy atom. The zero-order valence-corrected chi connectivity index (χ0v) is 11.3. The fourth-order valence-corrected chi connectivity index (χ4v) is 2.01. The van der Waals surface area contributed by atoms with Gasteiger partial charge in [-0.15, -0.1) is 0 Å². The summed E-state index contributed by atoms with van der Waals surface area (Å²) in [5, 5.41) is 16.8. The van der Waals surface area contributed by atoms with Crippen LogP contribution < -0.4 is 10.9 Å². The van der Waals surface area contributed by atoms with E-state index in [4.69, 9.17) is 5.11 Å². The van der Waals surface area contributed by atoms with Gasteiger partial charge in [-0.2, -0.15) is 5.10 Å². The van der Waals surface area contributed by atoms with Crippen molar-refractivity contribution in [3.05, 3.63) is 40.3 Å². The normalized spacial score (nSPS) is 10.7. The maximum atomic E-state index is 12.2. The Bertz CT molecular complexity index is 679. The van der Waals surface area contributed by atoms with E-state index in [1.54, 1.807) is 12.1 Å². The highest BCUT2D eigenvalue weighted by Gasteiger charge is 2.10. The van der Waals surface area contributed by atoms with Crippen LogP contribution >= 0.6 is 0 Å². The van der Waals surface area contributed by atoms with Crippen LogP contribution in [0.3, 0.4) is 0 Å². The van der Waals surface area contributed by atoms with Crippen molar-refractivity contribution in [2.45, 2.75) is 19.9 Å². The minimum atomic E-state index is -0.289. The third kappa shape index (κ3) is 3.03. The molecule has 0 atom stereocenters. The molecule has 106 valence electrons. The number of hydrogen-bond acceptors (Lipinski definition) is 4. The van der Waals surface area contributed by atoms with Crippen molar-refractivity contribution in [1.29, 1.82) is 0 Å². The van der Waals surface area contributed by atoms with Crippen molar-refractivity contribution in [3.63, 3.8) is 0 Å². The highest BCUT2D eigenvalue weighted by atomic mass is 16.3. The van der Waals surface area contributed by atoms with E-state index in [0.717, 1.165) is 5.39 Å². The Hall–Kier alpha value is -2.21. The van der Waals surface area contributed by atoms with Gasteiger partial charge in [0.25, 0.3) is 5.56 Å². The second-order valence-corrected chi connectivity index (χ2v) is 4.52. The molecule has 2 aromatic rings. The van der Waals surface area contributed by atoms with Gasteiger partial charge in [-0.05, 0) is 19.4 Å². The lowest BCUT2D eigenvalue weighted by Crippen LogP contribution is -2.34. The zero-order valence-electron chi connectivity index (χ0n) is 11.3. The summed E-state index contributed by atoms with van der Waals surface area (Å²) in [7, 11) is 0. The van der Waals surface area contributed by atoms with Crippen LogP contribution in [-0.4, -0.2) is 33.9 Å². The molecule has 0 saturated carbocycles. The largest absolute Gasteiger partial charge is 0.396 e. The number of carbonyl (C=O) groups is 1. The predicted octanol–water partition coefficient (Wildman–Crippen LogP) is 0.204. The van der Waals surface area contributed by atoms with Crippen molar-refractivity contribution < 1.29 is 9.90 Å². The number of aromatic nitrogens is 2. The monoisotopic (exact) mass is 275 g/mol. The van der Waals surface area contributed by atoms with Crippen LogP contribution in [0.4, 0.5) is 0 Å². The van der Waals surface area contributed by atoms with Gasteiger partial charge in [0.2, 0.25) is 5.91 Å². The van der Waals surface area contributed by atoms with Gasteiger partial charge in [0, 0.05) is 18.5 Å². The van der Waals surface area contributed by atoms with E-state index in [9.17, 15) is 9.59 Å². The van der Waals surface area contributed by atoms with Gasteiger partial charge < -0.3 is 10.4 Å². The average molecular weight is 275 g/mol. The SMILES string of the molecule is Cc1nn(CC(=O)NCCCO)c(=O)c2ccccc12. The minimum Gasteiger partial charge on any atom is -0.396 e. The molecule has 2 N–H and O–H groups in total. The fourth-order valence-electron chi connectivity index (χ4n) is 2.01. The van der Waals surface area contributed by atoms with Crippen molar-refractivity contribution in [2.75, 3.05) is 13.2 Å². The summed E-state index contributed by atoms with van der Waals surface area (Å²) in [6.07, 6.45) is 0.491. The number of hydrogen-bond donors (Lipinski definition) is 2. The van der Waals surface area contributed by atoms with Crippen LogP contribution in [0.1, 0.15) is 12.1 Å². The predicted molar refractivity (Wildman–Crippen MR) is 75.5 cm³/mol. The quantitative estimate of drug-likeness (QED) is 0.764. The van der Waals surface area contributed by atoms with Crippen molar-refractivity contribution in [3.8, 4) is 0 Å². The first-order valence-corrected chi connectivity index (χ1v) is 6.47. The molecule has 0 aliphatic carbocycles. The molecule has 0 radical (unpaired) electrons. The number of fused-ring (bicyclic) bond motifs is 1. The molecule has 1 heterocycles. The van der Waals surface area contributed by atoms with Crippen LogP contribution in [0.5, 0.6) is 0 Å². The first-order valence-electron chi connectivity index (χ1n) is 6.47. The molecule has 0 saturated heterocycles. The molecule has 0 spiro atoms. The summed E-state index contributed by atoms with van der Waals surface area (Å²) >= 11 is 0. The number of aliphatic hydroxyl groups excluding tert-OH is 1. The smallest absolute Gasteiger partial charge is 0.275 e. The molecule has 20 heavy (non-hydrogen) atoms. The lowest BCUT2D eigenvalue weighted by molar-refractivity contribution is -0.121. The van der Waals surface area contributed by atoms with Gasteiger partial charge in [0.15, 0.2) is 0 Å². The summed E-state index contributed by atoms with van der Waals surface area (Å²) < 4.78 is 1.17. The van der Waals surface area contributed by atoms with Gasteiger partial charge in [-0.3, -0.25) is 9.59 Å². The molecule has 1 aromatic heterocycles. The van der Waals surface area contributed by atoms with Crippen LogP contribution in [0.25, 0.3) is 10.8 Å². The Morgan fingerprint density at radius 3 is 2.75 bits per heavy atom. The fraction of sp³-hybridized carbons (Fsp3) is 0.357. The molecule has 0 unspecified atom stereocenters. The van der Waals surface area contributed by atoms with E-state index in [0.29, 0.717) is 24.0 Å².